The molecule has 0 spiro atoms. The van der Waals surface area contributed by atoms with Crippen molar-refractivity contribution < 1.29 is 13.6 Å². The van der Waals surface area contributed by atoms with E-state index in [2.05, 4.69) is 14.9 Å². The second kappa shape index (κ2) is 7.44. The molecule has 1 fully saturated rings. The monoisotopic (exact) mass is 332 g/mol. The second-order valence-electron chi connectivity index (χ2n) is 5.72. The summed E-state index contributed by atoms with van der Waals surface area (Å²) in [5.41, 5.74) is 0.905. The van der Waals surface area contributed by atoms with Crippen LogP contribution in [-0.4, -0.2) is 58.4 Å². The van der Waals surface area contributed by atoms with E-state index >= 15 is 0 Å². The molecule has 5 nitrogen and oxygen atoms in total. The van der Waals surface area contributed by atoms with Gasteiger partial charge in [0.2, 0.25) is 0 Å². The fourth-order valence-corrected chi connectivity index (χ4v) is 2.73. The molecule has 1 saturated heterocycles. The minimum Gasteiger partial charge on any atom is -0.335 e. The van der Waals surface area contributed by atoms with E-state index in [1.54, 1.807) is 17.3 Å². The van der Waals surface area contributed by atoms with Gasteiger partial charge in [-0.1, -0.05) is 0 Å². The fraction of sp³-hybridized carbons (Fsp3) is 0.353. The highest BCUT2D eigenvalue weighted by molar-refractivity contribution is 5.92. The standard InChI is InChI=1S/C17H18F2N4O/c18-14-11-15(19)16(21-12-14)17(24)23-9-7-22(8-10-23)6-3-13-1-4-20-5-2-13/h1-2,4-5,11-12H,3,6-10H2. The quantitative estimate of drug-likeness (QED) is 0.856. The Kier molecular flexibility index (Phi) is 5.10. The average molecular weight is 332 g/mol. The van der Waals surface area contributed by atoms with Gasteiger partial charge in [0.1, 0.15) is 5.82 Å². The first-order chi connectivity index (χ1) is 11.6. The molecule has 2 aromatic rings. The van der Waals surface area contributed by atoms with Crippen LogP contribution in [0.25, 0.3) is 0 Å². The highest BCUT2D eigenvalue weighted by Crippen LogP contribution is 2.12. The van der Waals surface area contributed by atoms with Gasteiger partial charge in [-0.3, -0.25) is 14.7 Å². The Morgan fingerprint density at radius 2 is 1.83 bits per heavy atom. The largest absolute Gasteiger partial charge is 0.335 e. The van der Waals surface area contributed by atoms with Crippen LogP contribution in [0.4, 0.5) is 8.78 Å². The number of nitrogens with zero attached hydrogens (tertiary/aromatic N) is 4. The van der Waals surface area contributed by atoms with E-state index in [0.29, 0.717) is 19.2 Å². The zero-order chi connectivity index (χ0) is 16.9. The molecule has 0 N–H and O–H groups in total. The normalized spacial score (nSPS) is 15.5. The molecule has 0 unspecified atom stereocenters. The number of amides is 1. The Morgan fingerprint density at radius 1 is 1.12 bits per heavy atom. The number of piperazine rings is 1. The molecule has 0 bridgehead atoms. The van der Waals surface area contributed by atoms with Gasteiger partial charge in [-0.05, 0) is 24.1 Å². The summed E-state index contributed by atoms with van der Waals surface area (Å²) in [6, 6.07) is 4.66. The highest BCUT2D eigenvalue weighted by atomic mass is 19.1. The third-order valence-electron chi connectivity index (χ3n) is 4.14. The van der Waals surface area contributed by atoms with Gasteiger partial charge in [-0.2, -0.15) is 0 Å². The molecule has 1 aliphatic heterocycles. The summed E-state index contributed by atoms with van der Waals surface area (Å²) in [6.07, 6.45) is 5.33. The summed E-state index contributed by atoms with van der Waals surface area (Å²) in [7, 11) is 0. The van der Waals surface area contributed by atoms with Crippen molar-refractivity contribution in [1.29, 1.82) is 0 Å². The minimum absolute atomic E-state index is 0.318. The van der Waals surface area contributed by atoms with Gasteiger partial charge < -0.3 is 4.90 Å². The Morgan fingerprint density at radius 3 is 2.50 bits per heavy atom. The number of aromatic nitrogens is 2. The predicted octanol–water partition coefficient (Wildman–Crippen LogP) is 1.76. The first-order valence-corrected chi connectivity index (χ1v) is 7.85. The molecular formula is C17H18F2N4O. The number of rotatable bonds is 4. The van der Waals surface area contributed by atoms with E-state index in [9.17, 15) is 13.6 Å². The molecule has 126 valence electrons. The molecule has 1 aliphatic rings. The van der Waals surface area contributed by atoms with Crippen LogP contribution in [0.3, 0.4) is 0 Å². The van der Waals surface area contributed by atoms with Crippen molar-refractivity contribution in [3.63, 3.8) is 0 Å². The molecule has 3 rings (SSSR count). The number of carbonyl (C=O) groups is 1. The van der Waals surface area contributed by atoms with Gasteiger partial charge in [0.25, 0.3) is 5.91 Å². The fourth-order valence-electron chi connectivity index (χ4n) is 2.73. The Hall–Kier alpha value is -2.41. The molecule has 0 radical (unpaired) electrons. The van der Waals surface area contributed by atoms with Crippen molar-refractivity contribution in [3.05, 3.63) is 59.7 Å². The molecule has 0 aromatic carbocycles. The summed E-state index contributed by atoms with van der Waals surface area (Å²) in [6.45, 7) is 3.36. The van der Waals surface area contributed by atoms with E-state index in [1.807, 2.05) is 12.1 Å². The number of hydrogen-bond donors (Lipinski definition) is 0. The van der Waals surface area contributed by atoms with Crippen LogP contribution < -0.4 is 0 Å². The lowest BCUT2D eigenvalue weighted by Gasteiger charge is -2.34. The summed E-state index contributed by atoms with van der Waals surface area (Å²) in [5.74, 6) is -2.19. The summed E-state index contributed by atoms with van der Waals surface area (Å²) in [4.78, 5) is 23.7. The van der Waals surface area contributed by atoms with E-state index in [1.165, 1.54) is 5.56 Å². The molecule has 3 heterocycles. The highest BCUT2D eigenvalue weighted by Gasteiger charge is 2.25. The Labute approximate surface area is 138 Å². The number of halogens is 2. The lowest BCUT2D eigenvalue weighted by molar-refractivity contribution is 0.0627. The van der Waals surface area contributed by atoms with E-state index in [0.717, 1.165) is 32.3 Å². The number of carbonyl (C=O) groups excluding carboxylic acids is 1. The molecule has 24 heavy (non-hydrogen) atoms. The van der Waals surface area contributed by atoms with Crippen molar-refractivity contribution in [3.8, 4) is 0 Å². The van der Waals surface area contributed by atoms with Gasteiger partial charge in [0.05, 0.1) is 6.20 Å². The maximum atomic E-state index is 13.7. The lowest BCUT2D eigenvalue weighted by Crippen LogP contribution is -2.49. The zero-order valence-corrected chi connectivity index (χ0v) is 13.2. The minimum atomic E-state index is -0.917. The van der Waals surface area contributed by atoms with E-state index < -0.39 is 17.5 Å². The summed E-state index contributed by atoms with van der Waals surface area (Å²) >= 11 is 0. The van der Waals surface area contributed by atoms with Crippen molar-refractivity contribution in [2.75, 3.05) is 32.7 Å². The van der Waals surface area contributed by atoms with Gasteiger partial charge in [0.15, 0.2) is 11.5 Å². The first kappa shape index (κ1) is 16.4. The van der Waals surface area contributed by atoms with Crippen molar-refractivity contribution >= 4 is 5.91 Å². The van der Waals surface area contributed by atoms with Crippen LogP contribution in [0.2, 0.25) is 0 Å². The first-order valence-electron chi connectivity index (χ1n) is 7.85. The molecule has 2 aromatic heterocycles. The van der Waals surface area contributed by atoms with Crippen molar-refractivity contribution in [2.45, 2.75) is 6.42 Å². The molecule has 0 saturated carbocycles. The topological polar surface area (TPSA) is 49.3 Å². The van der Waals surface area contributed by atoms with Crippen LogP contribution in [0.5, 0.6) is 0 Å². The molecular weight excluding hydrogens is 314 g/mol. The number of pyridine rings is 2. The van der Waals surface area contributed by atoms with Gasteiger partial charge in [-0.25, -0.2) is 13.8 Å². The van der Waals surface area contributed by atoms with Gasteiger partial charge >= 0.3 is 0 Å². The predicted molar refractivity (Wildman–Crippen MR) is 84.4 cm³/mol. The molecule has 0 aliphatic carbocycles. The maximum absolute atomic E-state index is 13.7. The maximum Gasteiger partial charge on any atom is 0.275 e. The summed E-state index contributed by atoms with van der Waals surface area (Å²) < 4.78 is 26.6. The van der Waals surface area contributed by atoms with Crippen LogP contribution in [0.15, 0.2) is 36.8 Å². The molecule has 1 amide bonds. The van der Waals surface area contributed by atoms with Crippen LogP contribution in [-0.2, 0) is 6.42 Å². The van der Waals surface area contributed by atoms with Crippen molar-refractivity contribution in [1.82, 2.24) is 19.8 Å². The number of hydrogen-bond acceptors (Lipinski definition) is 4. The van der Waals surface area contributed by atoms with Crippen LogP contribution in [0.1, 0.15) is 16.1 Å². The molecule has 7 heteroatoms. The van der Waals surface area contributed by atoms with Gasteiger partial charge in [0, 0.05) is 51.2 Å². The van der Waals surface area contributed by atoms with Crippen molar-refractivity contribution in [2.24, 2.45) is 0 Å². The van der Waals surface area contributed by atoms with E-state index in [-0.39, 0.29) is 5.69 Å². The Bertz CT molecular complexity index is 703. The average Bonchev–Trinajstić information content (AvgIpc) is 2.61. The summed E-state index contributed by atoms with van der Waals surface area (Å²) in [5, 5.41) is 0. The third-order valence-corrected chi connectivity index (χ3v) is 4.14. The van der Waals surface area contributed by atoms with Gasteiger partial charge in [-0.15, -0.1) is 0 Å². The Balaban J connectivity index is 1.52. The van der Waals surface area contributed by atoms with Crippen LogP contribution in [0, 0.1) is 11.6 Å². The second-order valence-corrected chi connectivity index (χ2v) is 5.72. The smallest absolute Gasteiger partial charge is 0.275 e. The molecule has 0 atom stereocenters. The lowest BCUT2D eigenvalue weighted by atomic mass is 10.2. The van der Waals surface area contributed by atoms with E-state index in [4.69, 9.17) is 0 Å². The zero-order valence-electron chi connectivity index (χ0n) is 13.2. The SMILES string of the molecule is O=C(c1ncc(F)cc1F)N1CCN(CCc2ccncc2)CC1. The third kappa shape index (κ3) is 3.91. The van der Waals surface area contributed by atoms with Crippen LogP contribution >= 0.6 is 0 Å².